The van der Waals surface area contributed by atoms with Crippen LogP contribution in [-0.2, 0) is 16.0 Å². The van der Waals surface area contributed by atoms with Gasteiger partial charge in [0.2, 0.25) is 0 Å². The van der Waals surface area contributed by atoms with Gasteiger partial charge in [-0.05, 0) is 13.8 Å². The third-order valence-corrected chi connectivity index (χ3v) is 1.66. The van der Waals surface area contributed by atoms with Crippen LogP contribution in [0.3, 0.4) is 0 Å². The Morgan fingerprint density at radius 2 is 2.40 bits per heavy atom. The fourth-order valence-electron chi connectivity index (χ4n) is 1.05. The highest BCUT2D eigenvalue weighted by molar-refractivity contribution is 5.76. The minimum Gasteiger partial charge on any atom is -0.444 e. The topological polar surface area (TPSA) is 107 Å². The SMILES string of the molecule is CC(C)(N)OC(=O)[C@@H](N)Cc1cnc[nH]1. The fraction of sp³-hybridized carbons (Fsp3) is 0.556. The zero-order valence-electron chi connectivity index (χ0n) is 8.86. The molecule has 1 rings (SSSR count). The lowest BCUT2D eigenvalue weighted by Gasteiger charge is -2.21. The van der Waals surface area contributed by atoms with Crippen LogP contribution in [0.25, 0.3) is 0 Å². The van der Waals surface area contributed by atoms with Crippen molar-refractivity contribution in [3.8, 4) is 0 Å². The molecule has 1 aromatic heterocycles. The summed E-state index contributed by atoms with van der Waals surface area (Å²) in [6.45, 7) is 3.18. The number of aromatic amines is 1. The Morgan fingerprint density at radius 3 is 2.87 bits per heavy atom. The number of nitrogens with zero attached hydrogens (tertiary/aromatic N) is 1. The molecular formula is C9H16N4O2. The van der Waals surface area contributed by atoms with Gasteiger partial charge in [-0.25, -0.2) is 4.98 Å². The Kier molecular flexibility index (Phi) is 3.43. The standard InChI is InChI=1S/C9H16N4O2/c1-9(2,11)15-8(14)7(10)3-6-4-12-5-13-6/h4-5,7H,3,10-11H2,1-2H3,(H,12,13)/t7-/m0/s1. The summed E-state index contributed by atoms with van der Waals surface area (Å²) in [6, 6.07) is -0.728. The highest BCUT2D eigenvalue weighted by Crippen LogP contribution is 2.04. The van der Waals surface area contributed by atoms with Gasteiger partial charge in [0.1, 0.15) is 6.04 Å². The average Bonchev–Trinajstić information content (AvgIpc) is 2.53. The molecule has 0 aromatic carbocycles. The molecular weight excluding hydrogens is 196 g/mol. The van der Waals surface area contributed by atoms with Crippen LogP contribution in [0.4, 0.5) is 0 Å². The molecule has 0 bridgehead atoms. The Hall–Kier alpha value is -1.40. The van der Waals surface area contributed by atoms with E-state index in [9.17, 15) is 4.79 Å². The number of aromatic nitrogens is 2. The zero-order valence-corrected chi connectivity index (χ0v) is 8.86. The van der Waals surface area contributed by atoms with Crippen LogP contribution in [0.2, 0.25) is 0 Å². The van der Waals surface area contributed by atoms with Crippen LogP contribution < -0.4 is 11.5 Å². The van der Waals surface area contributed by atoms with Gasteiger partial charge in [0.05, 0.1) is 6.33 Å². The first-order chi connectivity index (χ1) is 6.88. The number of ether oxygens (including phenoxy) is 1. The number of nitrogens with two attached hydrogens (primary N) is 2. The molecule has 15 heavy (non-hydrogen) atoms. The Bertz CT molecular complexity index is 315. The quantitative estimate of drug-likeness (QED) is 0.461. The second kappa shape index (κ2) is 4.41. The molecule has 0 aliphatic heterocycles. The maximum Gasteiger partial charge on any atom is 0.325 e. The summed E-state index contributed by atoms with van der Waals surface area (Å²) in [4.78, 5) is 18.1. The van der Waals surface area contributed by atoms with Crippen LogP contribution >= 0.6 is 0 Å². The monoisotopic (exact) mass is 212 g/mol. The average molecular weight is 212 g/mol. The maximum absolute atomic E-state index is 11.4. The molecule has 0 radical (unpaired) electrons. The molecule has 6 heteroatoms. The molecule has 0 saturated heterocycles. The Morgan fingerprint density at radius 1 is 1.73 bits per heavy atom. The van der Waals surface area contributed by atoms with Gasteiger partial charge in [0.15, 0.2) is 5.72 Å². The van der Waals surface area contributed by atoms with E-state index in [-0.39, 0.29) is 0 Å². The second-order valence-corrected chi connectivity index (χ2v) is 3.91. The van der Waals surface area contributed by atoms with Crippen molar-refractivity contribution < 1.29 is 9.53 Å². The normalized spacial score (nSPS) is 13.6. The molecule has 6 nitrogen and oxygen atoms in total. The number of carbonyl (C=O) groups excluding carboxylic acids is 1. The molecule has 0 unspecified atom stereocenters. The van der Waals surface area contributed by atoms with Crippen molar-refractivity contribution >= 4 is 5.97 Å². The summed E-state index contributed by atoms with van der Waals surface area (Å²) in [7, 11) is 0. The Balaban J connectivity index is 2.47. The van der Waals surface area contributed by atoms with Crippen LogP contribution in [0, 0.1) is 0 Å². The molecule has 0 amide bonds. The molecule has 1 heterocycles. The van der Waals surface area contributed by atoms with Gasteiger partial charge in [-0.2, -0.15) is 0 Å². The predicted octanol–water partition coefficient (Wildman–Crippen LogP) is -0.482. The van der Waals surface area contributed by atoms with Crippen LogP contribution in [-0.4, -0.2) is 27.7 Å². The number of hydrogen-bond donors (Lipinski definition) is 3. The van der Waals surface area contributed by atoms with Gasteiger partial charge in [0.25, 0.3) is 0 Å². The maximum atomic E-state index is 11.4. The molecule has 1 atom stereocenters. The van der Waals surface area contributed by atoms with E-state index < -0.39 is 17.7 Å². The van der Waals surface area contributed by atoms with Crippen molar-refractivity contribution in [3.05, 3.63) is 18.2 Å². The third kappa shape index (κ3) is 4.09. The van der Waals surface area contributed by atoms with Crippen molar-refractivity contribution in [1.29, 1.82) is 0 Å². The molecule has 1 aromatic rings. The summed E-state index contributed by atoms with van der Waals surface area (Å²) in [5, 5.41) is 0. The van der Waals surface area contributed by atoms with Crippen molar-refractivity contribution in [3.63, 3.8) is 0 Å². The predicted molar refractivity (Wildman–Crippen MR) is 54.6 cm³/mol. The van der Waals surface area contributed by atoms with Gasteiger partial charge in [-0.3, -0.25) is 10.5 Å². The third-order valence-electron chi connectivity index (χ3n) is 1.66. The number of hydrogen-bond acceptors (Lipinski definition) is 5. The van der Waals surface area contributed by atoms with Gasteiger partial charge >= 0.3 is 5.97 Å². The van der Waals surface area contributed by atoms with E-state index in [4.69, 9.17) is 16.2 Å². The van der Waals surface area contributed by atoms with E-state index in [0.29, 0.717) is 6.42 Å². The minimum absolute atomic E-state index is 0.356. The van der Waals surface area contributed by atoms with Crippen LogP contribution in [0.5, 0.6) is 0 Å². The smallest absolute Gasteiger partial charge is 0.325 e. The first kappa shape index (κ1) is 11.7. The Labute approximate surface area is 88.0 Å². The number of carbonyl (C=O) groups is 1. The van der Waals surface area contributed by atoms with E-state index in [1.54, 1.807) is 20.0 Å². The van der Waals surface area contributed by atoms with E-state index in [1.165, 1.54) is 6.33 Å². The lowest BCUT2D eigenvalue weighted by atomic mass is 10.2. The molecule has 0 aliphatic carbocycles. The van der Waals surface area contributed by atoms with Crippen LogP contribution in [0.1, 0.15) is 19.5 Å². The zero-order chi connectivity index (χ0) is 11.5. The highest BCUT2D eigenvalue weighted by atomic mass is 16.6. The lowest BCUT2D eigenvalue weighted by molar-refractivity contribution is -0.157. The summed E-state index contributed by atoms with van der Waals surface area (Å²) in [5.74, 6) is -0.517. The largest absolute Gasteiger partial charge is 0.444 e. The van der Waals surface area contributed by atoms with Crippen molar-refractivity contribution in [2.24, 2.45) is 11.5 Å². The number of H-pyrrole nitrogens is 1. The van der Waals surface area contributed by atoms with Crippen molar-refractivity contribution in [2.75, 3.05) is 0 Å². The number of imidazole rings is 1. The van der Waals surface area contributed by atoms with Gasteiger partial charge in [-0.1, -0.05) is 0 Å². The van der Waals surface area contributed by atoms with Gasteiger partial charge in [0, 0.05) is 18.3 Å². The molecule has 0 aliphatic rings. The summed E-state index contributed by atoms with van der Waals surface area (Å²) in [6.07, 6.45) is 3.50. The van der Waals surface area contributed by atoms with E-state index in [1.807, 2.05) is 0 Å². The second-order valence-electron chi connectivity index (χ2n) is 3.91. The molecule has 84 valence electrons. The van der Waals surface area contributed by atoms with Crippen LogP contribution in [0.15, 0.2) is 12.5 Å². The van der Waals surface area contributed by atoms with E-state index in [2.05, 4.69) is 9.97 Å². The summed E-state index contributed by atoms with van der Waals surface area (Å²) in [5.41, 5.74) is 11.0. The van der Waals surface area contributed by atoms with Gasteiger partial charge < -0.3 is 15.5 Å². The van der Waals surface area contributed by atoms with E-state index in [0.717, 1.165) is 5.69 Å². The lowest BCUT2D eigenvalue weighted by Crippen LogP contribution is -2.44. The minimum atomic E-state index is -0.997. The highest BCUT2D eigenvalue weighted by Gasteiger charge is 2.22. The van der Waals surface area contributed by atoms with E-state index >= 15 is 0 Å². The van der Waals surface area contributed by atoms with Gasteiger partial charge in [-0.15, -0.1) is 0 Å². The molecule has 0 spiro atoms. The fourth-order valence-corrected chi connectivity index (χ4v) is 1.05. The first-order valence-corrected chi connectivity index (χ1v) is 4.63. The number of esters is 1. The molecule has 0 fully saturated rings. The first-order valence-electron chi connectivity index (χ1n) is 4.63. The number of nitrogens with one attached hydrogen (secondary N) is 1. The number of rotatable bonds is 4. The van der Waals surface area contributed by atoms with Crippen molar-refractivity contribution in [1.82, 2.24) is 9.97 Å². The summed E-state index contributed by atoms with van der Waals surface area (Å²) >= 11 is 0. The summed E-state index contributed by atoms with van der Waals surface area (Å²) < 4.78 is 4.93. The van der Waals surface area contributed by atoms with Crippen molar-refractivity contribution in [2.45, 2.75) is 32.0 Å². The molecule has 0 saturated carbocycles. The molecule has 5 N–H and O–H groups in total.